The number of carbonyl (C=O) groups is 1. The highest BCUT2D eigenvalue weighted by Crippen LogP contribution is 2.27. The molecule has 1 aromatic carbocycles. The maximum Gasteiger partial charge on any atom is 0.260 e. The zero-order chi connectivity index (χ0) is 16.7. The molecule has 3 nitrogen and oxygen atoms in total. The normalized spacial score (nSPS) is 16.8. The third-order valence-corrected chi connectivity index (χ3v) is 5.69. The zero-order valence-electron chi connectivity index (χ0n) is 14.6. The summed E-state index contributed by atoms with van der Waals surface area (Å²) in [5.74, 6) is 1.75. The van der Waals surface area contributed by atoms with Gasteiger partial charge in [-0.15, -0.1) is 0 Å². The fourth-order valence-corrected chi connectivity index (χ4v) is 4.17. The number of benzene rings is 1. The third-order valence-electron chi connectivity index (χ3n) is 4.31. The highest BCUT2D eigenvalue weighted by molar-refractivity contribution is 7.99. The van der Waals surface area contributed by atoms with Crippen LogP contribution in [0.2, 0.25) is 0 Å². The Morgan fingerprint density at radius 3 is 2.74 bits per heavy atom. The van der Waals surface area contributed by atoms with Crippen molar-refractivity contribution in [2.24, 2.45) is 0 Å². The Balaban J connectivity index is 1.68. The van der Waals surface area contributed by atoms with Gasteiger partial charge in [0.2, 0.25) is 0 Å². The molecule has 2 rings (SSSR count). The largest absolute Gasteiger partial charge is 0.481 e. The van der Waals surface area contributed by atoms with Crippen LogP contribution in [0.15, 0.2) is 18.2 Å². The maximum absolute atomic E-state index is 12.1. The molecule has 4 heteroatoms. The van der Waals surface area contributed by atoms with Crippen molar-refractivity contribution in [3.05, 3.63) is 29.3 Å². The molecule has 23 heavy (non-hydrogen) atoms. The van der Waals surface area contributed by atoms with Crippen LogP contribution in [0.5, 0.6) is 5.75 Å². The van der Waals surface area contributed by atoms with Gasteiger partial charge in [0.15, 0.2) is 6.10 Å². The number of thioether (sulfide) groups is 1. The summed E-state index contributed by atoms with van der Waals surface area (Å²) in [4.78, 5) is 12.1. The first-order valence-corrected chi connectivity index (χ1v) is 9.74. The van der Waals surface area contributed by atoms with E-state index in [1.54, 1.807) is 0 Å². The van der Waals surface area contributed by atoms with E-state index in [1.165, 1.54) is 37.7 Å². The van der Waals surface area contributed by atoms with Crippen LogP contribution in [0.4, 0.5) is 0 Å². The predicted molar refractivity (Wildman–Crippen MR) is 98.3 cm³/mol. The van der Waals surface area contributed by atoms with Crippen LogP contribution in [0.25, 0.3) is 0 Å². The van der Waals surface area contributed by atoms with E-state index >= 15 is 0 Å². The minimum atomic E-state index is -0.462. The molecule has 1 amide bonds. The van der Waals surface area contributed by atoms with Crippen LogP contribution in [-0.2, 0) is 4.79 Å². The van der Waals surface area contributed by atoms with E-state index in [2.05, 4.69) is 18.3 Å². The molecule has 1 fully saturated rings. The number of hydrogen-bond donors (Lipinski definition) is 1. The van der Waals surface area contributed by atoms with Crippen molar-refractivity contribution in [3.63, 3.8) is 0 Å². The Labute approximate surface area is 144 Å². The number of amides is 1. The van der Waals surface area contributed by atoms with Gasteiger partial charge in [0, 0.05) is 17.5 Å². The quantitative estimate of drug-likeness (QED) is 0.757. The van der Waals surface area contributed by atoms with Gasteiger partial charge in [-0.05, 0) is 45.2 Å². The van der Waals surface area contributed by atoms with Crippen molar-refractivity contribution in [1.82, 2.24) is 5.32 Å². The minimum absolute atomic E-state index is 0.0331. The average Bonchev–Trinajstić information content (AvgIpc) is 2.55. The van der Waals surface area contributed by atoms with Gasteiger partial charge in [0.05, 0.1) is 0 Å². The lowest BCUT2D eigenvalue weighted by molar-refractivity contribution is -0.127. The summed E-state index contributed by atoms with van der Waals surface area (Å²) in [5, 5.41) is 3.78. The number of rotatable bonds is 7. The topological polar surface area (TPSA) is 38.3 Å². The lowest BCUT2D eigenvalue weighted by Crippen LogP contribution is -2.37. The summed E-state index contributed by atoms with van der Waals surface area (Å²) in [7, 11) is 0. The molecule has 1 N–H and O–H groups in total. The van der Waals surface area contributed by atoms with Crippen LogP contribution >= 0.6 is 11.8 Å². The molecule has 0 saturated heterocycles. The van der Waals surface area contributed by atoms with Crippen molar-refractivity contribution >= 4 is 17.7 Å². The second-order valence-electron chi connectivity index (χ2n) is 6.45. The van der Waals surface area contributed by atoms with Crippen molar-refractivity contribution < 1.29 is 9.53 Å². The Bertz CT molecular complexity index is 512. The van der Waals surface area contributed by atoms with Gasteiger partial charge in [-0.3, -0.25) is 4.79 Å². The van der Waals surface area contributed by atoms with Crippen molar-refractivity contribution in [2.45, 2.75) is 64.2 Å². The second kappa shape index (κ2) is 9.21. The average molecular weight is 336 g/mol. The highest BCUT2D eigenvalue weighted by atomic mass is 32.2. The van der Waals surface area contributed by atoms with Crippen LogP contribution in [-0.4, -0.2) is 29.6 Å². The van der Waals surface area contributed by atoms with E-state index in [4.69, 9.17) is 4.74 Å². The molecule has 1 saturated carbocycles. The fourth-order valence-electron chi connectivity index (χ4n) is 2.95. The molecule has 1 aromatic rings. The maximum atomic E-state index is 12.1. The standard InChI is InChI=1S/C19H29NO2S/c1-14-9-10-18(15(2)13-14)22-16(3)19(21)20-11-12-23-17-7-5-4-6-8-17/h9-10,13,16-17H,4-8,11-12H2,1-3H3,(H,20,21)/t16-/m1/s1. The van der Waals surface area contributed by atoms with Crippen LogP contribution in [0.3, 0.4) is 0 Å². The van der Waals surface area contributed by atoms with Gasteiger partial charge < -0.3 is 10.1 Å². The smallest absolute Gasteiger partial charge is 0.260 e. The first-order chi connectivity index (χ1) is 11.1. The van der Waals surface area contributed by atoms with E-state index in [0.29, 0.717) is 0 Å². The minimum Gasteiger partial charge on any atom is -0.481 e. The third kappa shape index (κ3) is 6.09. The Hall–Kier alpha value is -1.16. The van der Waals surface area contributed by atoms with E-state index in [0.717, 1.165) is 28.9 Å². The van der Waals surface area contributed by atoms with Gasteiger partial charge in [-0.25, -0.2) is 0 Å². The van der Waals surface area contributed by atoms with Gasteiger partial charge in [0.25, 0.3) is 5.91 Å². The molecule has 0 aromatic heterocycles. The summed E-state index contributed by atoms with van der Waals surface area (Å²) in [6.07, 6.45) is 6.34. The second-order valence-corrected chi connectivity index (χ2v) is 7.86. The molecule has 128 valence electrons. The molecule has 1 atom stereocenters. The predicted octanol–water partition coefficient (Wildman–Crippen LogP) is 4.25. The van der Waals surface area contributed by atoms with Crippen LogP contribution in [0.1, 0.15) is 50.2 Å². The molecule has 0 spiro atoms. The Morgan fingerprint density at radius 1 is 1.30 bits per heavy atom. The highest BCUT2D eigenvalue weighted by Gasteiger charge is 2.16. The number of aryl methyl sites for hydroxylation is 2. The molecule has 0 radical (unpaired) electrons. The summed E-state index contributed by atoms with van der Waals surface area (Å²) in [6, 6.07) is 6.02. The molecular weight excluding hydrogens is 306 g/mol. The number of ether oxygens (including phenoxy) is 1. The van der Waals surface area contributed by atoms with E-state index in [1.807, 2.05) is 37.7 Å². The fraction of sp³-hybridized carbons (Fsp3) is 0.632. The van der Waals surface area contributed by atoms with Gasteiger partial charge >= 0.3 is 0 Å². The SMILES string of the molecule is Cc1ccc(O[C@H](C)C(=O)NCCSC2CCCCC2)c(C)c1. The first-order valence-electron chi connectivity index (χ1n) is 8.69. The van der Waals surface area contributed by atoms with Gasteiger partial charge in [-0.1, -0.05) is 37.0 Å². The van der Waals surface area contributed by atoms with Crippen molar-refractivity contribution in [2.75, 3.05) is 12.3 Å². The van der Waals surface area contributed by atoms with E-state index < -0.39 is 6.10 Å². The summed E-state index contributed by atoms with van der Waals surface area (Å²) in [6.45, 7) is 6.59. The van der Waals surface area contributed by atoms with Crippen LogP contribution in [0, 0.1) is 13.8 Å². The van der Waals surface area contributed by atoms with E-state index in [-0.39, 0.29) is 5.91 Å². The van der Waals surface area contributed by atoms with Crippen molar-refractivity contribution in [3.8, 4) is 5.75 Å². The van der Waals surface area contributed by atoms with Crippen molar-refractivity contribution in [1.29, 1.82) is 0 Å². The Morgan fingerprint density at radius 2 is 2.04 bits per heavy atom. The molecule has 0 unspecified atom stereocenters. The molecule has 1 aliphatic carbocycles. The van der Waals surface area contributed by atoms with Gasteiger partial charge in [-0.2, -0.15) is 11.8 Å². The lowest BCUT2D eigenvalue weighted by Gasteiger charge is -2.21. The summed E-state index contributed by atoms with van der Waals surface area (Å²) >= 11 is 2.00. The first kappa shape index (κ1) is 18.2. The lowest BCUT2D eigenvalue weighted by atomic mass is 10.0. The summed E-state index contributed by atoms with van der Waals surface area (Å²) in [5.41, 5.74) is 2.27. The molecule has 0 bridgehead atoms. The number of nitrogens with one attached hydrogen (secondary N) is 1. The van der Waals surface area contributed by atoms with Gasteiger partial charge in [0.1, 0.15) is 5.75 Å². The summed E-state index contributed by atoms with van der Waals surface area (Å²) < 4.78 is 5.79. The zero-order valence-corrected chi connectivity index (χ0v) is 15.4. The Kier molecular flexibility index (Phi) is 7.28. The number of carbonyl (C=O) groups excluding carboxylic acids is 1. The monoisotopic (exact) mass is 335 g/mol. The van der Waals surface area contributed by atoms with E-state index in [9.17, 15) is 4.79 Å². The molecule has 0 aliphatic heterocycles. The van der Waals surface area contributed by atoms with Crippen LogP contribution < -0.4 is 10.1 Å². The molecule has 1 aliphatic rings. The molecule has 0 heterocycles. The molecular formula is C19H29NO2S. The number of hydrogen-bond acceptors (Lipinski definition) is 3.